The first-order valence-corrected chi connectivity index (χ1v) is 6.29. The molecule has 1 heterocycles. The Labute approximate surface area is 94.7 Å². The molecule has 2 heteroatoms. The van der Waals surface area contributed by atoms with Crippen LogP contribution in [-0.2, 0) is 0 Å². The van der Waals surface area contributed by atoms with E-state index in [1.807, 2.05) is 0 Å². The van der Waals surface area contributed by atoms with E-state index in [1.165, 1.54) is 25.8 Å². The normalized spacial score (nSPS) is 24.5. The van der Waals surface area contributed by atoms with Crippen molar-refractivity contribution in [2.75, 3.05) is 19.6 Å². The van der Waals surface area contributed by atoms with Crippen molar-refractivity contribution < 1.29 is 0 Å². The Bertz CT molecular complexity index is 197. The minimum Gasteiger partial charge on any atom is -0.310 e. The average Bonchev–Trinajstić information content (AvgIpc) is 2.51. The average molecular weight is 210 g/mol. The molecule has 2 nitrogen and oxygen atoms in total. The van der Waals surface area contributed by atoms with Crippen molar-refractivity contribution in [3.05, 3.63) is 12.7 Å². The van der Waals surface area contributed by atoms with Gasteiger partial charge in [0.25, 0.3) is 0 Å². The molecule has 1 fully saturated rings. The number of hydrogen-bond acceptors (Lipinski definition) is 2. The van der Waals surface area contributed by atoms with Gasteiger partial charge in [-0.15, -0.1) is 6.58 Å². The first-order chi connectivity index (χ1) is 7.17. The number of nitrogens with zero attached hydrogens (tertiary/aromatic N) is 1. The molecular formula is C13H26N2. The predicted molar refractivity (Wildman–Crippen MR) is 67.2 cm³/mol. The van der Waals surface area contributed by atoms with Crippen LogP contribution in [0.25, 0.3) is 0 Å². The largest absolute Gasteiger partial charge is 0.310 e. The zero-order chi connectivity index (χ0) is 11.3. The molecule has 1 atom stereocenters. The fourth-order valence-electron chi connectivity index (χ4n) is 2.38. The maximum Gasteiger partial charge on any atom is 0.0303 e. The molecule has 0 spiro atoms. The molecule has 0 aliphatic carbocycles. The topological polar surface area (TPSA) is 15.3 Å². The van der Waals surface area contributed by atoms with Crippen molar-refractivity contribution >= 4 is 0 Å². The Morgan fingerprint density at radius 1 is 1.47 bits per heavy atom. The van der Waals surface area contributed by atoms with E-state index in [0.717, 1.165) is 13.1 Å². The third kappa shape index (κ3) is 3.05. The summed E-state index contributed by atoms with van der Waals surface area (Å²) in [6, 6.07) is 0.502. The lowest BCUT2D eigenvalue weighted by Crippen LogP contribution is -2.52. The second-order valence-electron chi connectivity index (χ2n) is 4.71. The third-order valence-corrected chi connectivity index (χ3v) is 3.90. The molecule has 1 aliphatic heterocycles. The van der Waals surface area contributed by atoms with Gasteiger partial charge in [-0.1, -0.05) is 19.9 Å². The zero-order valence-corrected chi connectivity index (χ0v) is 10.6. The molecule has 1 unspecified atom stereocenters. The van der Waals surface area contributed by atoms with Crippen molar-refractivity contribution in [2.24, 2.45) is 0 Å². The van der Waals surface area contributed by atoms with E-state index in [1.54, 1.807) is 0 Å². The lowest BCUT2D eigenvalue weighted by Gasteiger charge is -2.37. The van der Waals surface area contributed by atoms with Gasteiger partial charge in [-0.2, -0.15) is 0 Å². The molecule has 0 radical (unpaired) electrons. The van der Waals surface area contributed by atoms with Crippen LogP contribution < -0.4 is 5.32 Å². The summed E-state index contributed by atoms with van der Waals surface area (Å²) in [5.74, 6) is 0. The summed E-state index contributed by atoms with van der Waals surface area (Å²) < 4.78 is 0. The van der Waals surface area contributed by atoms with Gasteiger partial charge in [-0.3, -0.25) is 4.90 Å². The summed E-state index contributed by atoms with van der Waals surface area (Å²) in [5.41, 5.74) is 0.327. The fourth-order valence-corrected chi connectivity index (χ4v) is 2.38. The van der Waals surface area contributed by atoms with Crippen LogP contribution in [0.3, 0.4) is 0 Å². The summed E-state index contributed by atoms with van der Waals surface area (Å²) in [4.78, 5) is 2.56. The van der Waals surface area contributed by atoms with Crippen molar-refractivity contribution in [1.82, 2.24) is 10.2 Å². The highest BCUT2D eigenvalue weighted by Crippen LogP contribution is 2.21. The van der Waals surface area contributed by atoms with Gasteiger partial charge in [0.05, 0.1) is 0 Å². The number of hydrogen-bond donors (Lipinski definition) is 1. The highest BCUT2D eigenvalue weighted by atomic mass is 15.2. The van der Waals surface area contributed by atoms with Gasteiger partial charge in [0.15, 0.2) is 0 Å². The fraction of sp³-hybridized carbons (Fsp3) is 0.846. The van der Waals surface area contributed by atoms with Gasteiger partial charge in [0.1, 0.15) is 0 Å². The molecule has 1 aliphatic rings. The second-order valence-corrected chi connectivity index (χ2v) is 4.71. The van der Waals surface area contributed by atoms with E-state index in [9.17, 15) is 0 Å². The van der Waals surface area contributed by atoms with Crippen molar-refractivity contribution in [3.8, 4) is 0 Å². The molecule has 0 aromatic carbocycles. The van der Waals surface area contributed by atoms with Crippen molar-refractivity contribution in [2.45, 2.75) is 51.6 Å². The van der Waals surface area contributed by atoms with Crippen LogP contribution in [0, 0.1) is 0 Å². The van der Waals surface area contributed by atoms with Gasteiger partial charge in [0.2, 0.25) is 0 Å². The standard InChI is InChI=1S/C13H26N2/c1-5-12(4)15-10-8-9-14-13(6-2,7-3)11-15/h5,12,14H,1,6-11H2,2-4H3. The van der Waals surface area contributed by atoms with E-state index < -0.39 is 0 Å². The number of rotatable bonds is 4. The monoisotopic (exact) mass is 210 g/mol. The molecule has 0 amide bonds. The maximum absolute atomic E-state index is 3.90. The smallest absolute Gasteiger partial charge is 0.0303 e. The first-order valence-electron chi connectivity index (χ1n) is 6.29. The van der Waals surface area contributed by atoms with Crippen LogP contribution in [0.1, 0.15) is 40.0 Å². The molecule has 0 bridgehead atoms. The molecule has 88 valence electrons. The van der Waals surface area contributed by atoms with Gasteiger partial charge in [0, 0.05) is 18.1 Å². The van der Waals surface area contributed by atoms with Crippen LogP contribution in [0.5, 0.6) is 0 Å². The molecule has 0 aromatic heterocycles. The van der Waals surface area contributed by atoms with Crippen LogP contribution in [-0.4, -0.2) is 36.1 Å². The minimum absolute atomic E-state index is 0.327. The second kappa shape index (κ2) is 5.66. The van der Waals surface area contributed by atoms with Crippen LogP contribution in [0.4, 0.5) is 0 Å². The van der Waals surface area contributed by atoms with E-state index >= 15 is 0 Å². The molecule has 1 N–H and O–H groups in total. The van der Waals surface area contributed by atoms with Crippen LogP contribution >= 0.6 is 0 Å². The molecular weight excluding hydrogens is 184 g/mol. The van der Waals surface area contributed by atoms with E-state index in [4.69, 9.17) is 0 Å². The lowest BCUT2D eigenvalue weighted by atomic mass is 9.92. The summed E-state index contributed by atoms with van der Waals surface area (Å²) in [6.07, 6.45) is 5.73. The number of nitrogens with one attached hydrogen (secondary N) is 1. The maximum atomic E-state index is 3.90. The van der Waals surface area contributed by atoms with Crippen LogP contribution in [0.15, 0.2) is 12.7 Å². The third-order valence-electron chi connectivity index (χ3n) is 3.90. The zero-order valence-electron chi connectivity index (χ0n) is 10.6. The quantitative estimate of drug-likeness (QED) is 0.717. The lowest BCUT2D eigenvalue weighted by molar-refractivity contribution is 0.177. The molecule has 15 heavy (non-hydrogen) atoms. The first kappa shape index (κ1) is 12.7. The summed E-state index contributed by atoms with van der Waals surface area (Å²) >= 11 is 0. The molecule has 1 saturated heterocycles. The minimum atomic E-state index is 0.327. The van der Waals surface area contributed by atoms with Gasteiger partial charge < -0.3 is 5.32 Å². The van der Waals surface area contributed by atoms with Crippen molar-refractivity contribution in [1.29, 1.82) is 0 Å². The van der Waals surface area contributed by atoms with Crippen molar-refractivity contribution in [3.63, 3.8) is 0 Å². The Morgan fingerprint density at radius 2 is 2.13 bits per heavy atom. The SMILES string of the molecule is C=CC(C)N1CCCNC(CC)(CC)C1. The Balaban J connectivity index is 2.71. The molecule has 1 rings (SSSR count). The highest BCUT2D eigenvalue weighted by molar-refractivity contribution is 4.95. The Hall–Kier alpha value is -0.340. The molecule has 0 aromatic rings. The van der Waals surface area contributed by atoms with Gasteiger partial charge in [-0.25, -0.2) is 0 Å². The van der Waals surface area contributed by atoms with Crippen LogP contribution in [0.2, 0.25) is 0 Å². The van der Waals surface area contributed by atoms with Gasteiger partial charge >= 0.3 is 0 Å². The summed E-state index contributed by atoms with van der Waals surface area (Å²) in [5, 5.41) is 3.73. The van der Waals surface area contributed by atoms with Gasteiger partial charge in [-0.05, 0) is 39.3 Å². The highest BCUT2D eigenvalue weighted by Gasteiger charge is 2.31. The summed E-state index contributed by atoms with van der Waals surface area (Å²) in [7, 11) is 0. The van der Waals surface area contributed by atoms with E-state index in [0.29, 0.717) is 11.6 Å². The molecule has 0 saturated carbocycles. The Morgan fingerprint density at radius 3 is 2.67 bits per heavy atom. The van der Waals surface area contributed by atoms with E-state index in [-0.39, 0.29) is 0 Å². The predicted octanol–water partition coefficient (Wildman–Crippen LogP) is 2.42. The van der Waals surface area contributed by atoms with E-state index in [2.05, 4.69) is 43.6 Å². The Kier molecular flexibility index (Phi) is 4.81. The summed E-state index contributed by atoms with van der Waals surface area (Å²) in [6.45, 7) is 14.2.